The first-order valence-electron chi connectivity index (χ1n) is 2.08. The minimum Gasteiger partial charge on any atom is -0.381 e. The van der Waals surface area contributed by atoms with Gasteiger partial charge in [0.1, 0.15) is 0 Å². The summed E-state index contributed by atoms with van der Waals surface area (Å²) in [5.74, 6) is 0. The van der Waals surface area contributed by atoms with Gasteiger partial charge < -0.3 is 10.9 Å². The maximum atomic E-state index is 4.94. The summed E-state index contributed by atoms with van der Waals surface area (Å²) in [4.78, 5) is 0. The van der Waals surface area contributed by atoms with Crippen molar-refractivity contribution >= 4 is 0 Å². The van der Waals surface area contributed by atoms with E-state index in [-0.39, 0.29) is 6.15 Å². The average Bonchev–Trinajstić information content (AvgIpc) is 1.76. The monoisotopic (exact) mass is 89.1 g/mol. The van der Waals surface area contributed by atoms with E-state index >= 15 is 0 Å². The van der Waals surface area contributed by atoms with Crippen LogP contribution in [0.3, 0.4) is 0 Å². The summed E-state index contributed by atoms with van der Waals surface area (Å²) in [6.45, 7) is 2.00. The molecular formula is C4H11NO. The van der Waals surface area contributed by atoms with Gasteiger partial charge in [-0.15, -0.1) is 0 Å². The van der Waals surface area contributed by atoms with E-state index in [1.54, 1.807) is 0 Å². The molecule has 0 spiro atoms. The zero-order valence-electron chi connectivity index (χ0n) is 3.94. The van der Waals surface area contributed by atoms with Crippen molar-refractivity contribution < 1.29 is 4.74 Å². The van der Waals surface area contributed by atoms with E-state index in [9.17, 15) is 0 Å². The third kappa shape index (κ3) is 1.38. The second-order valence-corrected chi connectivity index (χ2v) is 1.32. The SMILES string of the molecule is C1CCOC1.N. The molecule has 2 nitrogen and oxygen atoms in total. The molecule has 0 saturated carbocycles. The van der Waals surface area contributed by atoms with Gasteiger partial charge in [-0.25, -0.2) is 0 Å². The number of rotatable bonds is 0. The Kier molecular flexibility index (Phi) is 3.08. The molecule has 0 aromatic rings. The van der Waals surface area contributed by atoms with Gasteiger partial charge in [-0.05, 0) is 12.8 Å². The van der Waals surface area contributed by atoms with E-state index in [4.69, 9.17) is 4.74 Å². The first kappa shape index (κ1) is 5.92. The fourth-order valence-corrected chi connectivity index (χ4v) is 0.510. The zero-order chi connectivity index (χ0) is 3.54. The van der Waals surface area contributed by atoms with Crippen molar-refractivity contribution in [2.45, 2.75) is 12.8 Å². The molecule has 0 radical (unpaired) electrons. The Balaban J connectivity index is 0.000000250. The van der Waals surface area contributed by atoms with Crippen LogP contribution in [0.25, 0.3) is 0 Å². The predicted octanol–water partition coefficient (Wildman–Crippen LogP) is 0.959. The van der Waals surface area contributed by atoms with E-state index in [2.05, 4.69) is 0 Å². The van der Waals surface area contributed by atoms with Crippen LogP contribution in [0, 0.1) is 0 Å². The third-order valence-corrected chi connectivity index (χ3v) is 0.827. The molecular weight excluding hydrogens is 78.1 g/mol. The van der Waals surface area contributed by atoms with E-state index in [1.165, 1.54) is 12.8 Å². The summed E-state index contributed by atoms with van der Waals surface area (Å²) in [5.41, 5.74) is 0. The van der Waals surface area contributed by atoms with Crippen molar-refractivity contribution in [3.8, 4) is 0 Å². The minimum atomic E-state index is 0. The Labute approximate surface area is 38.1 Å². The normalized spacial score (nSPS) is 20.0. The molecule has 0 atom stereocenters. The molecule has 1 heterocycles. The third-order valence-electron chi connectivity index (χ3n) is 0.827. The molecule has 1 saturated heterocycles. The van der Waals surface area contributed by atoms with Gasteiger partial charge in [-0.3, -0.25) is 0 Å². The lowest BCUT2D eigenvalue weighted by atomic mass is 10.4. The van der Waals surface area contributed by atoms with Crippen LogP contribution < -0.4 is 6.15 Å². The average molecular weight is 89.1 g/mol. The highest BCUT2D eigenvalue weighted by Crippen LogP contribution is 1.98. The van der Waals surface area contributed by atoms with Gasteiger partial charge in [0.05, 0.1) is 0 Å². The Morgan fingerprint density at radius 3 is 1.67 bits per heavy atom. The summed E-state index contributed by atoms with van der Waals surface area (Å²) in [5, 5.41) is 0. The van der Waals surface area contributed by atoms with Crippen LogP contribution in [-0.2, 0) is 4.74 Å². The molecule has 1 aliphatic rings. The van der Waals surface area contributed by atoms with Crippen molar-refractivity contribution in [1.29, 1.82) is 0 Å². The Morgan fingerprint density at radius 2 is 1.50 bits per heavy atom. The van der Waals surface area contributed by atoms with E-state index < -0.39 is 0 Å². The molecule has 6 heavy (non-hydrogen) atoms. The molecule has 1 rings (SSSR count). The van der Waals surface area contributed by atoms with Crippen LogP contribution in [0.4, 0.5) is 0 Å². The lowest BCUT2D eigenvalue weighted by Crippen LogP contribution is -1.74. The highest BCUT2D eigenvalue weighted by molar-refractivity contribution is 4.43. The molecule has 0 aliphatic carbocycles. The van der Waals surface area contributed by atoms with Crippen LogP contribution in [0.1, 0.15) is 12.8 Å². The molecule has 1 fully saturated rings. The standard InChI is InChI=1S/C4H8O.H3N/c1-2-4-5-3-1;/h1-4H2;1H3. The Bertz CT molecular complexity index is 19.1. The van der Waals surface area contributed by atoms with Gasteiger partial charge in [0.2, 0.25) is 0 Å². The van der Waals surface area contributed by atoms with E-state index in [1.807, 2.05) is 0 Å². The highest BCUT2D eigenvalue weighted by atomic mass is 16.5. The molecule has 38 valence electrons. The summed E-state index contributed by atoms with van der Waals surface area (Å²) < 4.78 is 4.94. The molecule has 1 aliphatic heterocycles. The largest absolute Gasteiger partial charge is 0.381 e. The second kappa shape index (κ2) is 3.12. The number of hydrogen-bond acceptors (Lipinski definition) is 2. The molecule has 0 aromatic heterocycles. The number of hydrogen-bond donors (Lipinski definition) is 1. The maximum Gasteiger partial charge on any atom is 0.0466 e. The maximum absolute atomic E-state index is 4.94. The first-order chi connectivity index (χ1) is 2.50. The lowest BCUT2D eigenvalue weighted by molar-refractivity contribution is 0.198. The smallest absolute Gasteiger partial charge is 0.0466 e. The van der Waals surface area contributed by atoms with Crippen molar-refractivity contribution in [1.82, 2.24) is 6.15 Å². The molecule has 3 N–H and O–H groups in total. The van der Waals surface area contributed by atoms with Gasteiger partial charge >= 0.3 is 0 Å². The Morgan fingerprint density at radius 1 is 1.00 bits per heavy atom. The fourth-order valence-electron chi connectivity index (χ4n) is 0.510. The summed E-state index contributed by atoms with van der Waals surface area (Å²) >= 11 is 0. The Hall–Kier alpha value is -0.0800. The lowest BCUT2D eigenvalue weighted by Gasteiger charge is -1.76. The molecule has 0 aromatic carbocycles. The van der Waals surface area contributed by atoms with Gasteiger partial charge in [-0.1, -0.05) is 0 Å². The van der Waals surface area contributed by atoms with Crippen LogP contribution >= 0.6 is 0 Å². The van der Waals surface area contributed by atoms with Crippen molar-refractivity contribution in [2.75, 3.05) is 13.2 Å². The van der Waals surface area contributed by atoms with Gasteiger partial charge in [-0.2, -0.15) is 0 Å². The van der Waals surface area contributed by atoms with Crippen molar-refractivity contribution in [3.05, 3.63) is 0 Å². The first-order valence-corrected chi connectivity index (χ1v) is 2.08. The van der Waals surface area contributed by atoms with Crippen LogP contribution in [0.2, 0.25) is 0 Å². The molecule has 0 amide bonds. The predicted molar refractivity (Wildman–Crippen MR) is 25.1 cm³/mol. The van der Waals surface area contributed by atoms with Crippen molar-refractivity contribution in [3.63, 3.8) is 0 Å². The quantitative estimate of drug-likeness (QED) is 0.480. The van der Waals surface area contributed by atoms with Gasteiger partial charge in [0.25, 0.3) is 0 Å². The minimum absolute atomic E-state index is 0. The second-order valence-electron chi connectivity index (χ2n) is 1.32. The molecule has 0 unspecified atom stereocenters. The number of ether oxygens (including phenoxy) is 1. The van der Waals surface area contributed by atoms with Crippen LogP contribution in [0.15, 0.2) is 0 Å². The topological polar surface area (TPSA) is 44.2 Å². The highest BCUT2D eigenvalue weighted by Gasteiger charge is 1.94. The van der Waals surface area contributed by atoms with Crippen LogP contribution in [-0.4, -0.2) is 13.2 Å². The summed E-state index contributed by atoms with van der Waals surface area (Å²) in [6.07, 6.45) is 2.56. The van der Waals surface area contributed by atoms with Crippen LogP contribution in [0.5, 0.6) is 0 Å². The summed E-state index contributed by atoms with van der Waals surface area (Å²) in [7, 11) is 0. The summed E-state index contributed by atoms with van der Waals surface area (Å²) in [6, 6.07) is 0. The zero-order valence-corrected chi connectivity index (χ0v) is 3.94. The molecule has 2 heteroatoms. The fraction of sp³-hybridized carbons (Fsp3) is 1.00. The molecule has 0 bridgehead atoms. The van der Waals surface area contributed by atoms with Gasteiger partial charge in [0.15, 0.2) is 0 Å². The van der Waals surface area contributed by atoms with Crippen molar-refractivity contribution in [2.24, 2.45) is 0 Å². The van der Waals surface area contributed by atoms with Gasteiger partial charge in [0, 0.05) is 13.2 Å². The van der Waals surface area contributed by atoms with E-state index in [0.29, 0.717) is 0 Å². The van der Waals surface area contributed by atoms with E-state index in [0.717, 1.165) is 13.2 Å².